The van der Waals surface area contributed by atoms with Gasteiger partial charge in [-0.1, -0.05) is 0 Å². The maximum absolute atomic E-state index is 13.1. The molecule has 2 aliphatic heterocycles. The maximum atomic E-state index is 13.1. The number of amides is 1. The molecule has 2 saturated heterocycles. The smallest absolute Gasteiger partial charge is 0.261 e. The SMILES string of the molecule is COc1nn(C)cc1C(=O)N1CCCSCC1CN1CCCC1. The highest BCUT2D eigenvalue weighted by Gasteiger charge is 2.31. The average molecular weight is 338 g/mol. The molecule has 1 amide bonds. The monoisotopic (exact) mass is 338 g/mol. The van der Waals surface area contributed by atoms with Gasteiger partial charge in [0.1, 0.15) is 5.56 Å². The van der Waals surface area contributed by atoms with Crippen molar-refractivity contribution in [2.45, 2.75) is 25.3 Å². The van der Waals surface area contributed by atoms with E-state index in [0.29, 0.717) is 11.4 Å². The third-order valence-corrected chi connectivity index (χ3v) is 5.78. The fourth-order valence-electron chi connectivity index (χ4n) is 3.43. The molecule has 0 aliphatic carbocycles. The first kappa shape index (κ1) is 16.6. The lowest BCUT2D eigenvalue weighted by molar-refractivity contribution is 0.0663. The van der Waals surface area contributed by atoms with Crippen molar-refractivity contribution in [1.29, 1.82) is 0 Å². The molecule has 128 valence electrons. The van der Waals surface area contributed by atoms with Crippen LogP contribution in [0, 0.1) is 0 Å². The number of carbonyl (C=O) groups excluding carboxylic acids is 1. The summed E-state index contributed by atoms with van der Waals surface area (Å²) in [6.45, 7) is 4.14. The van der Waals surface area contributed by atoms with Gasteiger partial charge in [-0.25, -0.2) is 0 Å². The second-order valence-corrected chi connectivity index (χ2v) is 7.46. The lowest BCUT2D eigenvalue weighted by Crippen LogP contribution is -2.47. The third-order valence-electron chi connectivity index (χ3n) is 4.59. The highest BCUT2D eigenvalue weighted by atomic mass is 32.2. The lowest BCUT2D eigenvalue weighted by atomic mass is 10.2. The Kier molecular flexibility index (Phi) is 5.48. The second kappa shape index (κ2) is 7.57. The number of rotatable bonds is 4. The van der Waals surface area contributed by atoms with E-state index in [-0.39, 0.29) is 11.9 Å². The van der Waals surface area contributed by atoms with Gasteiger partial charge in [0.15, 0.2) is 0 Å². The fourth-order valence-corrected chi connectivity index (χ4v) is 4.49. The van der Waals surface area contributed by atoms with Gasteiger partial charge < -0.3 is 14.5 Å². The molecule has 0 bridgehead atoms. The van der Waals surface area contributed by atoms with Crippen LogP contribution in [0.4, 0.5) is 0 Å². The molecule has 0 aromatic carbocycles. The first-order valence-corrected chi connectivity index (χ1v) is 9.53. The van der Waals surface area contributed by atoms with E-state index in [1.165, 1.54) is 25.9 Å². The summed E-state index contributed by atoms with van der Waals surface area (Å²) < 4.78 is 6.93. The van der Waals surface area contributed by atoms with E-state index in [1.54, 1.807) is 18.0 Å². The Morgan fingerprint density at radius 3 is 2.87 bits per heavy atom. The molecule has 2 fully saturated rings. The molecule has 3 rings (SSSR count). The zero-order valence-corrected chi connectivity index (χ0v) is 14.8. The number of ether oxygens (including phenoxy) is 1. The van der Waals surface area contributed by atoms with Crippen LogP contribution >= 0.6 is 11.8 Å². The second-order valence-electron chi connectivity index (χ2n) is 6.31. The van der Waals surface area contributed by atoms with Gasteiger partial charge in [-0.15, -0.1) is 5.10 Å². The molecule has 0 saturated carbocycles. The zero-order chi connectivity index (χ0) is 16.2. The van der Waals surface area contributed by atoms with Crippen LogP contribution in [0.15, 0.2) is 6.20 Å². The standard InChI is InChI=1S/C16H26N4O2S/c1-18-11-14(15(17-18)22-2)16(21)20-8-5-9-23-12-13(20)10-19-6-3-4-7-19/h11,13H,3-10,12H2,1-2H3. The van der Waals surface area contributed by atoms with Crippen molar-refractivity contribution in [3.8, 4) is 5.88 Å². The minimum absolute atomic E-state index is 0.0571. The molecule has 1 atom stereocenters. The third kappa shape index (κ3) is 3.83. The molecule has 0 spiro atoms. The molecule has 1 unspecified atom stereocenters. The van der Waals surface area contributed by atoms with Crippen LogP contribution in [0.25, 0.3) is 0 Å². The highest BCUT2D eigenvalue weighted by molar-refractivity contribution is 7.99. The Bertz CT molecular complexity index is 542. The first-order chi connectivity index (χ1) is 11.2. The van der Waals surface area contributed by atoms with E-state index in [1.807, 2.05) is 18.8 Å². The number of aryl methyl sites for hydroxylation is 1. The predicted molar refractivity (Wildman–Crippen MR) is 92.2 cm³/mol. The number of thioether (sulfide) groups is 1. The van der Waals surface area contributed by atoms with E-state index in [2.05, 4.69) is 14.9 Å². The molecule has 6 nitrogen and oxygen atoms in total. The number of likely N-dealkylation sites (tertiary alicyclic amines) is 1. The van der Waals surface area contributed by atoms with Gasteiger partial charge in [0, 0.05) is 32.1 Å². The largest absolute Gasteiger partial charge is 0.479 e. The molecule has 1 aromatic rings. The molecular formula is C16H26N4O2S. The molecule has 1 aromatic heterocycles. The minimum atomic E-state index is 0.0571. The van der Waals surface area contributed by atoms with Crippen LogP contribution in [0.5, 0.6) is 5.88 Å². The van der Waals surface area contributed by atoms with Crippen molar-refractivity contribution in [2.75, 3.05) is 44.8 Å². The van der Waals surface area contributed by atoms with Crippen molar-refractivity contribution in [3.63, 3.8) is 0 Å². The van der Waals surface area contributed by atoms with Gasteiger partial charge in [-0.3, -0.25) is 9.48 Å². The number of nitrogens with zero attached hydrogens (tertiary/aromatic N) is 4. The first-order valence-electron chi connectivity index (χ1n) is 8.37. The van der Waals surface area contributed by atoms with Crippen LogP contribution in [0.2, 0.25) is 0 Å². The van der Waals surface area contributed by atoms with Crippen molar-refractivity contribution in [3.05, 3.63) is 11.8 Å². The van der Waals surface area contributed by atoms with E-state index < -0.39 is 0 Å². The van der Waals surface area contributed by atoms with Crippen LogP contribution in [0.3, 0.4) is 0 Å². The molecular weight excluding hydrogens is 312 g/mol. The van der Waals surface area contributed by atoms with Crippen molar-refractivity contribution >= 4 is 17.7 Å². The topological polar surface area (TPSA) is 50.6 Å². The summed E-state index contributed by atoms with van der Waals surface area (Å²) in [5.41, 5.74) is 0.577. The summed E-state index contributed by atoms with van der Waals surface area (Å²) in [7, 11) is 3.39. The molecule has 0 N–H and O–H groups in total. The normalized spacial score (nSPS) is 23.0. The Morgan fingerprint density at radius 2 is 2.13 bits per heavy atom. The van der Waals surface area contributed by atoms with Gasteiger partial charge in [-0.2, -0.15) is 11.8 Å². The lowest BCUT2D eigenvalue weighted by Gasteiger charge is -2.32. The van der Waals surface area contributed by atoms with Crippen molar-refractivity contribution in [2.24, 2.45) is 7.05 Å². The van der Waals surface area contributed by atoms with Crippen LogP contribution in [-0.2, 0) is 7.05 Å². The highest BCUT2D eigenvalue weighted by Crippen LogP contribution is 2.24. The predicted octanol–water partition coefficient (Wildman–Crippen LogP) is 1.47. The Balaban J connectivity index is 1.78. The molecule has 2 aliphatic rings. The van der Waals surface area contributed by atoms with Crippen molar-refractivity contribution < 1.29 is 9.53 Å². The van der Waals surface area contributed by atoms with Gasteiger partial charge >= 0.3 is 0 Å². The fraction of sp³-hybridized carbons (Fsp3) is 0.750. The van der Waals surface area contributed by atoms with Crippen molar-refractivity contribution in [1.82, 2.24) is 19.6 Å². The average Bonchev–Trinajstić information content (AvgIpc) is 3.12. The summed E-state index contributed by atoms with van der Waals surface area (Å²) >= 11 is 1.97. The number of aromatic nitrogens is 2. The maximum Gasteiger partial charge on any atom is 0.261 e. The van der Waals surface area contributed by atoms with Gasteiger partial charge in [0.2, 0.25) is 5.88 Å². The van der Waals surface area contributed by atoms with Crippen LogP contribution < -0.4 is 4.74 Å². The summed E-state index contributed by atoms with van der Waals surface area (Å²) in [6.07, 6.45) is 5.38. The number of carbonyl (C=O) groups is 1. The quantitative estimate of drug-likeness (QED) is 0.832. The van der Waals surface area contributed by atoms with E-state index in [4.69, 9.17) is 4.74 Å². The Labute approximate surface area is 142 Å². The molecule has 23 heavy (non-hydrogen) atoms. The number of hydrogen-bond acceptors (Lipinski definition) is 5. The summed E-state index contributed by atoms with van der Waals surface area (Å²) in [5, 5.41) is 4.23. The van der Waals surface area contributed by atoms with Gasteiger partial charge in [-0.05, 0) is 38.1 Å². The van der Waals surface area contributed by atoms with E-state index >= 15 is 0 Å². The Hall–Kier alpha value is -1.21. The minimum Gasteiger partial charge on any atom is -0.479 e. The molecule has 7 heteroatoms. The summed E-state index contributed by atoms with van der Waals surface area (Å²) in [4.78, 5) is 17.6. The van der Waals surface area contributed by atoms with Gasteiger partial charge in [0.25, 0.3) is 5.91 Å². The molecule has 0 radical (unpaired) electrons. The van der Waals surface area contributed by atoms with E-state index in [9.17, 15) is 4.79 Å². The summed E-state index contributed by atoms with van der Waals surface area (Å²) in [5.74, 6) is 2.63. The number of hydrogen-bond donors (Lipinski definition) is 0. The Morgan fingerprint density at radius 1 is 1.35 bits per heavy atom. The van der Waals surface area contributed by atoms with Crippen LogP contribution in [-0.4, -0.2) is 76.3 Å². The summed E-state index contributed by atoms with van der Waals surface area (Å²) in [6, 6.07) is 0.276. The zero-order valence-electron chi connectivity index (χ0n) is 14.0. The number of methoxy groups -OCH3 is 1. The molecule has 3 heterocycles. The van der Waals surface area contributed by atoms with Gasteiger partial charge in [0.05, 0.1) is 13.2 Å². The van der Waals surface area contributed by atoms with Crippen LogP contribution in [0.1, 0.15) is 29.6 Å². The van der Waals surface area contributed by atoms with E-state index in [0.717, 1.165) is 31.0 Å².